The van der Waals surface area contributed by atoms with Gasteiger partial charge in [-0.25, -0.2) is 8.42 Å². The van der Waals surface area contributed by atoms with Gasteiger partial charge >= 0.3 is 0 Å². The van der Waals surface area contributed by atoms with E-state index in [9.17, 15) is 13.2 Å². The number of benzene rings is 3. The first-order chi connectivity index (χ1) is 14.3. The Kier molecular flexibility index (Phi) is 6.49. The molecule has 2 N–H and O–H groups in total. The number of rotatable bonds is 7. The molecule has 0 saturated heterocycles. The number of methoxy groups -OCH3 is 1. The molecule has 0 aliphatic heterocycles. The van der Waals surface area contributed by atoms with E-state index in [2.05, 4.69) is 10.9 Å². The summed E-state index contributed by atoms with van der Waals surface area (Å²) in [4.78, 5) is 12.4. The van der Waals surface area contributed by atoms with Crippen molar-refractivity contribution in [3.8, 4) is 5.75 Å². The molecule has 0 aromatic heterocycles. The van der Waals surface area contributed by atoms with Crippen molar-refractivity contribution in [3.05, 3.63) is 83.4 Å². The van der Waals surface area contributed by atoms with E-state index in [1.807, 2.05) is 0 Å². The van der Waals surface area contributed by atoms with Gasteiger partial charge in [0, 0.05) is 17.6 Å². The molecule has 1 amide bonds. The number of amides is 1. The lowest BCUT2D eigenvalue weighted by atomic mass is 10.2. The summed E-state index contributed by atoms with van der Waals surface area (Å²) in [5, 5.41) is 0.585. The van der Waals surface area contributed by atoms with Crippen molar-refractivity contribution < 1.29 is 17.9 Å². The van der Waals surface area contributed by atoms with Crippen molar-refractivity contribution in [1.29, 1.82) is 0 Å². The summed E-state index contributed by atoms with van der Waals surface area (Å²) in [6.07, 6.45) is 0. The molecule has 0 atom stereocenters. The second-order valence-corrected chi connectivity index (χ2v) is 8.66. The molecule has 0 spiro atoms. The van der Waals surface area contributed by atoms with Gasteiger partial charge in [-0.1, -0.05) is 23.7 Å². The van der Waals surface area contributed by atoms with Gasteiger partial charge in [0.05, 0.1) is 23.4 Å². The molecule has 0 radical (unpaired) electrons. The monoisotopic (exact) mass is 445 g/mol. The van der Waals surface area contributed by atoms with E-state index in [1.165, 1.54) is 38.4 Å². The quantitative estimate of drug-likeness (QED) is 0.538. The molecule has 0 saturated carbocycles. The van der Waals surface area contributed by atoms with Crippen LogP contribution in [0.15, 0.2) is 77.7 Å². The first-order valence-corrected chi connectivity index (χ1v) is 10.7. The molecule has 156 valence electrons. The minimum atomic E-state index is -3.83. The largest absolute Gasteiger partial charge is 0.495 e. The lowest BCUT2D eigenvalue weighted by Gasteiger charge is -2.21. The third-order valence-electron chi connectivity index (χ3n) is 4.36. The summed E-state index contributed by atoms with van der Waals surface area (Å²) in [5.41, 5.74) is 6.69. The number of hydrogen-bond acceptors (Lipinski definition) is 5. The molecule has 3 aromatic rings. The maximum Gasteiger partial charge on any atom is 0.269 e. The predicted octanol–water partition coefficient (Wildman–Crippen LogP) is 3.93. The van der Waals surface area contributed by atoms with E-state index in [1.54, 1.807) is 48.5 Å². The Morgan fingerprint density at radius 1 is 0.967 bits per heavy atom. The molecule has 0 unspecified atom stereocenters. The third kappa shape index (κ3) is 4.67. The number of carbonyl (C=O) groups is 1. The molecule has 0 heterocycles. The number of para-hydroxylation sites is 2. The van der Waals surface area contributed by atoms with Crippen LogP contribution in [0.5, 0.6) is 5.75 Å². The van der Waals surface area contributed by atoms with E-state index in [0.717, 1.165) is 4.31 Å². The highest BCUT2D eigenvalue weighted by Crippen LogP contribution is 2.30. The zero-order valence-electron chi connectivity index (χ0n) is 16.3. The van der Waals surface area contributed by atoms with Crippen molar-refractivity contribution in [2.45, 2.75) is 4.90 Å². The first-order valence-electron chi connectivity index (χ1n) is 8.87. The fourth-order valence-corrected chi connectivity index (χ4v) is 4.02. The van der Waals surface area contributed by atoms with Gasteiger partial charge in [0.1, 0.15) is 5.75 Å². The van der Waals surface area contributed by atoms with Crippen molar-refractivity contribution >= 4 is 38.9 Å². The molecule has 0 bridgehead atoms. The summed E-state index contributed by atoms with van der Waals surface area (Å²) < 4.78 is 32.3. The zero-order chi connectivity index (χ0) is 21.7. The fraction of sp³-hybridized carbons (Fsp3) is 0.0952. The van der Waals surface area contributed by atoms with E-state index in [0.29, 0.717) is 27.7 Å². The number of sulfonamides is 1. The van der Waals surface area contributed by atoms with E-state index < -0.39 is 15.9 Å². The minimum absolute atomic E-state index is 0.0538. The van der Waals surface area contributed by atoms with Crippen LogP contribution >= 0.6 is 11.6 Å². The van der Waals surface area contributed by atoms with E-state index in [-0.39, 0.29) is 4.90 Å². The summed E-state index contributed by atoms with van der Waals surface area (Å²) >= 11 is 5.83. The van der Waals surface area contributed by atoms with Crippen LogP contribution in [-0.2, 0) is 10.0 Å². The van der Waals surface area contributed by atoms with Gasteiger partial charge in [-0.2, -0.15) is 0 Å². The Morgan fingerprint density at radius 3 is 2.23 bits per heavy atom. The van der Waals surface area contributed by atoms with Crippen molar-refractivity contribution in [2.24, 2.45) is 0 Å². The Balaban J connectivity index is 1.73. The van der Waals surface area contributed by atoms with Gasteiger partial charge in [0.2, 0.25) is 0 Å². The summed E-state index contributed by atoms with van der Waals surface area (Å²) in [7, 11) is -0.908. The average Bonchev–Trinajstić information content (AvgIpc) is 2.78. The number of hydrazine groups is 1. The summed E-state index contributed by atoms with van der Waals surface area (Å²) in [5.74, 6) is 0.0276. The highest BCUT2D eigenvalue weighted by molar-refractivity contribution is 7.92. The second kappa shape index (κ2) is 9.06. The van der Waals surface area contributed by atoms with Gasteiger partial charge in [-0.15, -0.1) is 0 Å². The van der Waals surface area contributed by atoms with Crippen LogP contribution in [0.2, 0.25) is 5.02 Å². The molecular formula is C21H20ClN3O4S. The van der Waals surface area contributed by atoms with Crippen LogP contribution in [0.1, 0.15) is 10.4 Å². The Labute approximate surface area is 180 Å². The molecule has 0 fully saturated rings. The van der Waals surface area contributed by atoms with Gasteiger partial charge < -0.3 is 4.74 Å². The zero-order valence-corrected chi connectivity index (χ0v) is 17.9. The smallest absolute Gasteiger partial charge is 0.269 e. The number of nitrogens with one attached hydrogen (secondary N) is 2. The van der Waals surface area contributed by atoms with Crippen LogP contribution in [-0.4, -0.2) is 28.5 Å². The van der Waals surface area contributed by atoms with E-state index in [4.69, 9.17) is 16.3 Å². The van der Waals surface area contributed by atoms with Gasteiger partial charge in [0.25, 0.3) is 15.9 Å². The van der Waals surface area contributed by atoms with Crippen molar-refractivity contribution in [1.82, 2.24) is 5.43 Å². The first kappa shape index (κ1) is 21.5. The SMILES string of the molecule is COc1ccccc1N(C)S(=O)(=O)c1ccc(C(=O)NNc2ccc(Cl)cc2)cc1. The number of ether oxygens (including phenoxy) is 1. The lowest BCUT2D eigenvalue weighted by Crippen LogP contribution is -2.29. The molecule has 0 aliphatic rings. The number of halogens is 1. The minimum Gasteiger partial charge on any atom is -0.495 e. The number of hydrogen-bond donors (Lipinski definition) is 2. The molecule has 30 heavy (non-hydrogen) atoms. The van der Waals surface area contributed by atoms with Crippen molar-refractivity contribution in [3.63, 3.8) is 0 Å². The van der Waals surface area contributed by atoms with Crippen LogP contribution in [0, 0.1) is 0 Å². The lowest BCUT2D eigenvalue weighted by molar-refractivity contribution is 0.0962. The number of anilines is 2. The summed E-state index contributed by atoms with van der Waals surface area (Å²) in [6, 6.07) is 19.3. The Bertz CT molecular complexity index is 1130. The number of nitrogens with zero attached hydrogens (tertiary/aromatic N) is 1. The van der Waals surface area contributed by atoms with E-state index >= 15 is 0 Å². The molecule has 0 aliphatic carbocycles. The average molecular weight is 446 g/mol. The Morgan fingerprint density at radius 2 is 1.60 bits per heavy atom. The van der Waals surface area contributed by atoms with Crippen LogP contribution in [0.25, 0.3) is 0 Å². The third-order valence-corrected chi connectivity index (χ3v) is 6.40. The normalized spacial score (nSPS) is 10.9. The second-order valence-electron chi connectivity index (χ2n) is 6.25. The van der Waals surface area contributed by atoms with Gasteiger partial charge in [-0.05, 0) is 60.7 Å². The molecule has 3 rings (SSSR count). The number of carbonyl (C=O) groups excluding carboxylic acids is 1. The van der Waals surface area contributed by atoms with Crippen LogP contribution in [0.4, 0.5) is 11.4 Å². The van der Waals surface area contributed by atoms with Gasteiger partial charge in [0.15, 0.2) is 0 Å². The topological polar surface area (TPSA) is 87.7 Å². The predicted molar refractivity (Wildman–Crippen MR) is 118 cm³/mol. The standard InChI is InChI=1S/C21H20ClN3O4S/c1-25(19-5-3-4-6-20(19)29-2)30(27,28)18-13-7-15(8-14-18)21(26)24-23-17-11-9-16(22)10-12-17/h3-14,23H,1-2H3,(H,24,26). The molecule has 7 nitrogen and oxygen atoms in total. The Hall–Kier alpha value is -3.23. The molecule has 9 heteroatoms. The van der Waals surface area contributed by atoms with Crippen LogP contribution < -0.4 is 19.9 Å². The van der Waals surface area contributed by atoms with Crippen LogP contribution in [0.3, 0.4) is 0 Å². The highest BCUT2D eigenvalue weighted by Gasteiger charge is 2.23. The maximum absolute atomic E-state index is 13.0. The van der Waals surface area contributed by atoms with Gasteiger partial charge in [-0.3, -0.25) is 20.0 Å². The fourth-order valence-electron chi connectivity index (χ4n) is 2.69. The van der Waals surface area contributed by atoms with Crippen molar-refractivity contribution in [2.75, 3.05) is 23.9 Å². The summed E-state index contributed by atoms with van der Waals surface area (Å²) in [6.45, 7) is 0. The molecular weight excluding hydrogens is 426 g/mol. The highest BCUT2D eigenvalue weighted by atomic mass is 35.5. The maximum atomic E-state index is 13.0. The molecule has 3 aromatic carbocycles.